The summed E-state index contributed by atoms with van der Waals surface area (Å²) < 4.78 is 13.1. The SMILES string of the molecule is Cc1ccccc1CCCC(=O)NCC(=O)Nc1ccc(F)c(Cl)c1. The standard InChI is InChI=1S/C19H20ClFN2O2/c1-13-5-2-3-6-14(13)7-4-8-18(24)22-12-19(25)23-15-9-10-17(21)16(20)11-15/h2-3,5-6,9-11H,4,7-8,12H2,1H3,(H,22,24)(H,23,25). The third-order valence-corrected chi connectivity index (χ3v) is 4.05. The highest BCUT2D eigenvalue weighted by atomic mass is 35.5. The van der Waals surface area contributed by atoms with Crippen molar-refractivity contribution in [3.63, 3.8) is 0 Å². The fraction of sp³-hybridized carbons (Fsp3) is 0.263. The van der Waals surface area contributed by atoms with Crippen LogP contribution in [0.15, 0.2) is 42.5 Å². The van der Waals surface area contributed by atoms with E-state index in [1.54, 1.807) is 0 Å². The number of carbonyl (C=O) groups is 2. The lowest BCUT2D eigenvalue weighted by Crippen LogP contribution is -2.32. The minimum absolute atomic E-state index is 0.0713. The third-order valence-electron chi connectivity index (χ3n) is 3.76. The second kappa shape index (κ2) is 9.18. The number of nitrogens with one attached hydrogen (secondary N) is 2. The van der Waals surface area contributed by atoms with Crippen molar-refractivity contribution in [3.05, 3.63) is 64.4 Å². The van der Waals surface area contributed by atoms with Gasteiger partial charge in [0.25, 0.3) is 0 Å². The number of hydrogen-bond donors (Lipinski definition) is 2. The fourth-order valence-corrected chi connectivity index (χ4v) is 2.56. The molecule has 0 aliphatic heterocycles. The first-order valence-electron chi connectivity index (χ1n) is 8.02. The van der Waals surface area contributed by atoms with Gasteiger partial charge in [-0.25, -0.2) is 4.39 Å². The van der Waals surface area contributed by atoms with Crippen molar-refractivity contribution in [2.45, 2.75) is 26.2 Å². The normalized spacial score (nSPS) is 10.4. The molecule has 0 saturated heterocycles. The van der Waals surface area contributed by atoms with Crippen LogP contribution in [0, 0.1) is 12.7 Å². The van der Waals surface area contributed by atoms with Crippen LogP contribution in [0.25, 0.3) is 0 Å². The second-order valence-corrected chi connectivity index (χ2v) is 6.14. The molecule has 2 aromatic carbocycles. The van der Waals surface area contributed by atoms with E-state index in [0.29, 0.717) is 18.5 Å². The number of hydrogen-bond acceptors (Lipinski definition) is 2. The van der Waals surface area contributed by atoms with Crippen molar-refractivity contribution in [2.24, 2.45) is 0 Å². The van der Waals surface area contributed by atoms with Gasteiger partial charge < -0.3 is 10.6 Å². The van der Waals surface area contributed by atoms with Crippen LogP contribution in [0.4, 0.5) is 10.1 Å². The molecule has 25 heavy (non-hydrogen) atoms. The Bertz CT molecular complexity index is 765. The zero-order valence-electron chi connectivity index (χ0n) is 13.9. The van der Waals surface area contributed by atoms with Gasteiger partial charge in [0.05, 0.1) is 11.6 Å². The highest BCUT2D eigenvalue weighted by Gasteiger charge is 2.08. The Balaban J connectivity index is 1.69. The summed E-state index contributed by atoms with van der Waals surface area (Å²) in [4.78, 5) is 23.6. The van der Waals surface area contributed by atoms with Crippen LogP contribution in [0.5, 0.6) is 0 Å². The molecule has 0 spiro atoms. The predicted molar refractivity (Wildman–Crippen MR) is 97.2 cm³/mol. The summed E-state index contributed by atoms with van der Waals surface area (Å²) in [5.41, 5.74) is 2.81. The molecule has 2 amide bonds. The van der Waals surface area contributed by atoms with Crippen LogP contribution in [0.1, 0.15) is 24.0 Å². The fourth-order valence-electron chi connectivity index (χ4n) is 2.38. The molecule has 0 unspecified atom stereocenters. The first-order valence-corrected chi connectivity index (χ1v) is 8.39. The number of halogens is 2. The van der Waals surface area contributed by atoms with Crippen molar-refractivity contribution in [1.29, 1.82) is 0 Å². The zero-order chi connectivity index (χ0) is 18.2. The number of anilines is 1. The van der Waals surface area contributed by atoms with Crippen molar-refractivity contribution >= 4 is 29.1 Å². The molecule has 0 fully saturated rings. The third kappa shape index (κ3) is 6.19. The second-order valence-electron chi connectivity index (χ2n) is 5.73. The Morgan fingerprint density at radius 3 is 2.60 bits per heavy atom. The lowest BCUT2D eigenvalue weighted by Gasteiger charge is -2.08. The molecule has 0 aromatic heterocycles. The van der Waals surface area contributed by atoms with Crippen LogP contribution >= 0.6 is 11.6 Å². The molecular weight excluding hydrogens is 343 g/mol. The summed E-state index contributed by atoms with van der Waals surface area (Å²) in [6.45, 7) is 1.90. The molecule has 0 aliphatic carbocycles. The molecule has 2 N–H and O–H groups in total. The van der Waals surface area contributed by atoms with E-state index >= 15 is 0 Å². The van der Waals surface area contributed by atoms with Gasteiger partial charge in [0.2, 0.25) is 11.8 Å². The molecule has 0 aliphatic rings. The first kappa shape index (κ1) is 18.9. The Morgan fingerprint density at radius 1 is 1.12 bits per heavy atom. The van der Waals surface area contributed by atoms with Crippen LogP contribution in [-0.2, 0) is 16.0 Å². The Kier molecular flexibility index (Phi) is 6.95. The minimum Gasteiger partial charge on any atom is -0.347 e. The van der Waals surface area contributed by atoms with Gasteiger partial charge in [0.15, 0.2) is 0 Å². The van der Waals surface area contributed by atoms with Crippen LogP contribution in [0.3, 0.4) is 0 Å². The monoisotopic (exact) mass is 362 g/mol. The molecule has 0 bridgehead atoms. The highest BCUT2D eigenvalue weighted by molar-refractivity contribution is 6.31. The largest absolute Gasteiger partial charge is 0.347 e. The van der Waals surface area contributed by atoms with Gasteiger partial charge in [-0.1, -0.05) is 35.9 Å². The molecule has 2 aromatic rings. The van der Waals surface area contributed by atoms with E-state index in [1.165, 1.54) is 29.3 Å². The van der Waals surface area contributed by atoms with Gasteiger partial charge in [-0.15, -0.1) is 0 Å². The van der Waals surface area contributed by atoms with Crippen LogP contribution in [0.2, 0.25) is 5.02 Å². The van der Waals surface area contributed by atoms with Gasteiger partial charge in [-0.2, -0.15) is 0 Å². The predicted octanol–water partition coefficient (Wildman–Crippen LogP) is 3.87. The number of aryl methyl sites for hydroxylation is 2. The zero-order valence-corrected chi connectivity index (χ0v) is 14.7. The van der Waals surface area contributed by atoms with E-state index in [-0.39, 0.29) is 17.5 Å². The van der Waals surface area contributed by atoms with E-state index in [4.69, 9.17) is 11.6 Å². The molecule has 132 valence electrons. The molecular formula is C19H20ClFN2O2. The van der Waals surface area contributed by atoms with Crippen LogP contribution in [-0.4, -0.2) is 18.4 Å². The van der Waals surface area contributed by atoms with E-state index in [1.807, 2.05) is 25.1 Å². The Morgan fingerprint density at radius 2 is 1.88 bits per heavy atom. The summed E-state index contributed by atoms with van der Waals surface area (Å²) >= 11 is 5.65. The molecule has 4 nitrogen and oxygen atoms in total. The number of carbonyl (C=O) groups excluding carboxylic acids is 2. The van der Waals surface area contributed by atoms with Crippen molar-refractivity contribution in [1.82, 2.24) is 5.32 Å². The summed E-state index contributed by atoms with van der Waals surface area (Å²) in [5, 5.41) is 5.05. The number of amides is 2. The summed E-state index contributed by atoms with van der Waals surface area (Å²) in [7, 11) is 0. The summed E-state index contributed by atoms with van der Waals surface area (Å²) in [6.07, 6.45) is 1.89. The molecule has 0 atom stereocenters. The van der Waals surface area contributed by atoms with Gasteiger partial charge >= 0.3 is 0 Å². The summed E-state index contributed by atoms with van der Waals surface area (Å²) in [6, 6.07) is 12.0. The molecule has 2 rings (SSSR count). The van der Waals surface area contributed by atoms with E-state index in [9.17, 15) is 14.0 Å². The lowest BCUT2D eigenvalue weighted by molar-refractivity contribution is -0.124. The lowest BCUT2D eigenvalue weighted by atomic mass is 10.0. The van der Waals surface area contributed by atoms with Gasteiger partial charge in [-0.3, -0.25) is 9.59 Å². The number of benzene rings is 2. The quantitative estimate of drug-likeness (QED) is 0.785. The molecule has 0 heterocycles. The van der Waals surface area contributed by atoms with Gasteiger partial charge in [0.1, 0.15) is 5.82 Å². The Hall–Kier alpha value is -2.40. The summed E-state index contributed by atoms with van der Waals surface area (Å²) in [5.74, 6) is -1.13. The van der Waals surface area contributed by atoms with Gasteiger partial charge in [0, 0.05) is 12.1 Å². The van der Waals surface area contributed by atoms with Gasteiger partial charge in [-0.05, 0) is 49.1 Å². The van der Waals surface area contributed by atoms with Crippen molar-refractivity contribution < 1.29 is 14.0 Å². The molecule has 0 saturated carbocycles. The maximum Gasteiger partial charge on any atom is 0.243 e. The minimum atomic E-state index is -0.554. The first-order chi connectivity index (χ1) is 12.0. The van der Waals surface area contributed by atoms with E-state index in [0.717, 1.165) is 6.42 Å². The maximum atomic E-state index is 13.1. The Labute approximate surface area is 151 Å². The van der Waals surface area contributed by atoms with E-state index in [2.05, 4.69) is 16.7 Å². The average Bonchev–Trinajstić information content (AvgIpc) is 2.58. The molecule has 0 radical (unpaired) electrons. The topological polar surface area (TPSA) is 58.2 Å². The van der Waals surface area contributed by atoms with Crippen molar-refractivity contribution in [2.75, 3.05) is 11.9 Å². The number of rotatable bonds is 7. The van der Waals surface area contributed by atoms with Crippen molar-refractivity contribution in [3.8, 4) is 0 Å². The molecule has 6 heteroatoms. The smallest absolute Gasteiger partial charge is 0.243 e. The van der Waals surface area contributed by atoms with Crippen LogP contribution < -0.4 is 10.6 Å². The van der Waals surface area contributed by atoms with E-state index < -0.39 is 11.7 Å². The average molecular weight is 363 g/mol. The highest BCUT2D eigenvalue weighted by Crippen LogP contribution is 2.19. The maximum absolute atomic E-state index is 13.1.